The molecule has 8 nitrogen and oxygen atoms in total. The van der Waals surface area contributed by atoms with Crippen molar-refractivity contribution in [3.63, 3.8) is 0 Å². The van der Waals surface area contributed by atoms with E-state index in [0.717, 1.165) is 0 Å². The van der Waals surface area contributed by atoms with Crippen molar-refractivity contribution in [1.29, 1.82) is 0 Å². The van der Waals surface area contributed by atoms with Crippen molar-refractivity contribution in [2.75, 3.05) is 11.5 Å². The van der Waals surface area contributed by atoms with Crippen molar-refractivity contribution in [1.82, 2.24) is 0 Å². The van der Waals surface area contributed by atoms with Crippen LogP contribution in [0.3, 0.4) is 0 Å². The molecule has 0 amide bonds. The first-order valence-corrected chi connectivity index (χ1v) is 8.96. The second kappa shape index (κ2) is 7.72. The van der Waals surface area contributed by atoms with Crippen LogP contribution >= 0.6 is 0 Å². The lowest BCUT2D eigenvalue weighted by atomic mass is 10.00. The van der Waals surface area contributed by atoms with E-state index < -0.39 is 37.7 Å². The van der Waals surface area contributed by atoms with Crippen LogP contribution in [0.1, 0.15) is 32.6 Å². The molecule has 0 saturated carbocycles. The lowest BCUT2D eigenvalue weighted by Gasteiger charge is -2.09. The molecule has 0 aliphatic rings. The van der Waals surface area contributed by atoms with Gasteiger partial charge in [0.2, 0.25) is 0 Å². The third-order valence-corrected chi connectivity index (χ3v) is 4.22. The molecule has 10 heteroatoms. The first-order valence-electron chi connectivity index (χ1n) is 5.74. The van der Waals surface area contributed by atoms with Crippen LogP contribution in [-0.2, 0) is 25.0 Å². The van der Waals surface area contributed by atoms with Gasteiger partial charge in [0.1, 0.15) is 0 Å². The number of rotatable bonds is 9. The SMILES string of the molecule is CC(C(=O)O)=C(CCCS(=O)(=O)O)CCCS(=O)(=O)O. The Kier molecular flexibility index (Phi) is 7.34. The molecule has 0 aliphatic carbocycles. The topological polar surface area (TPSA) is 146 Å². The monoisotopic (exact) mass is 330 g/mol. The van der Waals surface area contributed by atoms with E-state index in [2.05, 4.69) is 0 Å². The number of carbonyl (C=O) groups is 1. The van der Waals surface area contributed by atoms with Crippen LogP contribution in [0.15, 0.2) is 11.1 Å². The standard InChI is InChI=1S/C10H18O8S2/c1-8(10(11)12)9(4-2-6-19(13,14)15)5-3-7-20(16,17)18/h2-7H2,1H3,(H,11,12)(H,13,14,15)(H,16,17,18). The van der Waals surface area contributed by atoms with Gasteiger partial charge in [-0.25, -0.2) is 4.79 Å². The van der Waals surface area contributed by atoms with Crippen molar-refractivity contribution in [3.8, 4) is 0 Å². The highest BCUT2D eigenvalue weighted by Gasteiger charge is 2.13. The van der Waals surface area contributed by atoms with Crippen LogP contribution in [0, 0.1) is 0 Å². The lowest BCUT2D eigenvalue weighted by molar-refractivity contribution is -0.132. The maximum atomic E-state index is 10.9. The van der Waals surface area contributed by atoms with Crippen LogP contribution < -0.4 is 0 Å². The first kappa shape index (κ1) is 19.0. The normalized spacial score (nSPS) is 12.2. The second-order valence-electron chi connectivity index (χ2n) is 4.31. The van der Waals surface area contributed by atoms with E-state index in [9.17, 15) is 21.6 Å². The van der Waals surface area contributed by atoms with Crippen molar-refractivity contribution < 1.29 is 35.8 Å². The summed E-state index contributed by atoms with van der Waals surface area (Å²) in [6, 6.07) is 0. The number of carboxylic acid groups (broad SMARTS) is 1. The number of allylic oxidation sites excluding steroid dienone is 1. The molecule has 3 N–H and O–H groups in total. The summed E-state index contributed by atoms with van der Waals surface area (Å²) in [5.41, 5.74) is 0.403. The summed E-state index contributed by atoms with van der Waals surface area (Å²) < 4.78 is 59.5. The Morgan fingerprint density at radius 2 is 1.25 bits per heavy atom. The minimum atomic E-state index is -4.12. The van der Waals surface area contributed by atoms with Crippen LogP contribution in [0.25, 0.3) is 0 Å². The van der Waals surface area contributed by atoms with Crippen LogP contribution in [-0.4, -0.2) is 48.5 Å². The maximum absolute atomic E-state index is 10.9. The summed E-state index contributed by atoms with van der Waals surface area (Å²) in [6.45, 7) is 1.33. The van der Waals surface area contributed by atoms with E-state index in [0.29, 0.717) is 5.57 Å². The summed E-state index contributed by atoms with van der Waals surface area (Å²) >= 11 is 0. The first-order chi connectivity index (χ1) is 8.92. The summed E-state index contributed by atoms with van der Waals surface area (Å²) in [5.74, 6) is -2.18. The molecule has 0 fully saturated rings. The van der Waals surface area contributed by atoms with Gasteiger partial charge in [-0.1, -0.05) is 5.57 Å². The molecule has 0 rings (SSSR count). The summed E-state index contributed by atoms with van der Waals surface area (Å²) in [6.07, 6.45) is 0.294. The van der Waals surface area contributed by atoms with E-state index in [1.807, 2.05) is 0 Å². The Labute approximate surface area is 118 Å². The highest BCUT2D eigenvalue weighted by molar-refractivity contribution is 7.86. The van der Waals surface area contributed by atoms with Crippen molar-refractivity contribution in [3.05, 3.63) is 11.1 Å². The number of hydrogen-bond acceptors (Lipinski definition) is 5. The fraction of sp³-hybridized carbons (Fsp3) is 0.700. The largest absolute Gasteiger partial charge is 0.478 e. The highest BCUT2D eigenvalue weighted by atomic mass is 32.2. The van der Waals surface area contributed by atoms with Crippen molar-refractivity contribution in [2.45, 2.75) is 32.6 Å². The van der Waals surface area contributed by atoms with E-state index in [4.69, 9.17) is 14.2 Å². The molecular weight excluding hydrogens is 312 g/mol. The third-order valence-electron chi connectivity index (χ3n) is 2.61. The maximum Gasteiger partial charge on any atom is 0.331 e. The van der Waals surface area contributed by atoms with Crippen LogP contribution in [0.4, 0.5) is 0 Å². The molecule has 0 aliphatic heterocycles. The predicted molar refractivity (Wildman–Crippen MR) is 71.6 cm³/mol. The molecule has 0 radical (unpaired) electrons. The van der Waals surface area contributed by atoms with Gasteiger partial charge in [-0.15, -0.1) is 0 Å². The zero-order chi connectivity index (χ0) is 16.0. The summed E-state index contributed by atoms with van der Waals surface area (Å²) in [7, 11) is -8.23. The van der Waals surface area contributed by atoms with E-state index in [-0.39, 0.29) is 31.3 Å². The van der Waals surface area contributed by atoms with Crippen LogP contribution in [0.5, 0.6) is 0 Å². The number of hydrogen-bond donors (Lipinski definition) is 3. The van der Waals surface area contributed by atoms with Gasteiger partial charge in [0.05, 0.1) is 11.5 Å². The van der Waals surface area contributed by atoms with Gasteiger partial charge in [-0.3, -0.25) is 9.11 Å². The van der Waals surface area contributed by atoms with Gasteiger partial charge in [-0.05, 0) is 32.6 Å². The number of carboxylic acids is 1. The zero-order valence-corrected chi connectivity index (χ0v) is 12.6. The molecule has 0 aromatic rings. The van der Waals surface area contributed by atoms with Crippen LogP contribution in [0.2, 0.25) is 0 Å². The predicted octanol–water partition coefficient (Wildman–Crippen LogP) is 0.724. The molecule has 118 valence electrons. The molecule has 0 aromatic carbocycles. The van der Waals surface area contributed by atoms with Gasteiger partial charge >= 0.3 is 5.97 Å². The second-order valence-corrected chi connectivity index (χ2v) is 7.46. The molecule has 0 bridgehead atoms. The Morgan fingerprint density at radius 3 is 1.50 bits per heavy atom. The fourth-order valence-corrected chi connectivity index (χ4v) is 2.61. The Morgan fingerprint density at radius 1 is 0.900 bits per heavy atom. The van der Waals surface area contributed by atoms with Gasteiger partial charge in [-0.2, -0.15) is 16.8 Å². The molecular formula is C10H18O8S2. The van der Waals surface area contributed by atoms with Gasteiger partial charge < -0.3 is 5.11 Å². The highest BCUT2D eigenvalue weighted by Crippen LogP contribution is 2.18. The smallest absolute Gasteiger partial charge is 0.331 e. The number of aliphatic carboxylic acids is 1. The van der Waals surface area contributed by atoms with Gasteiger partial charge in [0.25, 0.3) is 20.2 Å². The minimum Gasteiger partial charge on any atom is -0.478 e. The lowest BCUT2D eigenvalue weighted by Crippen LogP contribution is -2.08. The molecule has 0 unspecified atom stereocenters. The Balaban J connectivity index is 4.69. The molecule has 0 aromatic heterocycles. The van der Waals surface area contributed by atoms with E-state index in [1.165, 1.54) is 6.92 Å². The quantitative estimate of drug-likeness (QED) is 0.414. The van der Waals surface area contributed by atoms with Crippen molar-refractivity contribution >= 4 is 26.2 Å². The fourth-order valence-electron chi connectivity index (χ4n) is 1.59. The average molecular weight is 330 g/mol. The van der Waals surface area contributed by atoms with E-state index in [1.54, 1.807) is 0 Å². The Bertz CT molecular complexity index is 530. The third kappa shape index (κ3) is 9.89. The average Bonchev–Trinajstić information content (AvgIpc) is 2.22. The van der Waals surface area contributed by atoms with Gasteiger partial charge in [0.15, 0.2) is 0 Å². The zero-order valence-electron chi connectivity index (χ0n) is 10.9. The Hall–Kier alpha value is -0.970. The van der Waals surface area contributed by atoms with E-state index >= 15 is 0 Å². The summed E-state index contributed by atoms with van der Waals surface area (Å²) in [4.78, 5) is 10.9. The molecule has 0 heterocycles. The molecule has 0 spiro atoms. The summed E-state index contributed by atoms with van der Waals surface area (Å²) in [5, 5.41) is 8.88. The van der Waals surface area contributed by atoms with Gasteiger partial charge in [0, 0.05) is 5.57 Å². The molecule has 20 heavy (non-hydrogen) atoms. The minimum absolute atomic E-state index is 0.00988. The van der Waals surface area contributed by atoms with Crippen molar-refractivity contribution in [2.24, 2.45) is 0 Å². The molecule has 0 atom stereocenters. The molecule has 0 saturated heterocycles.